The monoisotopic (exact) mass is 260 g/mol. The van der Waals surface area contributed by atoms with Gasteiger partial charge in [0, 0.05) is 6.20 Å². The van der Waals surface area contributed by atoms with Gasteiger partial charge in [0.2, 0.25) is 10.0 Å². The van der Waals surface area contributed by atoms with E-state index in [1.807, 2.05) is 0 Å². The molecule has 0 saturated carbocycles. The fourth-order valence-electron chi connectivity index (χ4n) is 0.891. The van der Waals surface area contributed by atoms with Gasteiger partial charge in [0.1, 0.15) is 4.90 Å². The summed E-state index contributed by atoms with van der Waals surface area (Å²) in [6.07, 6.45) is -2.86. The van der Waals surface area contributed by atoms with Gasteiger partial charge in [-0.2, -0.15) is 0 Å². The van der Waals surface area contributed by atoms with Crippen molar-refractivity contribution in [2.24, 2.45) is 5.14 Å². The highest BCUT2D eigenvalue weighted by molar-refractivity contribution is 7.89. The lowest BCUT2D eigenvalue weighted by molar-refractivity contribution is 0.142. The van der Waals surface area contributed by atoms with Crippen molar-refractivity contribution in [2.75, 3.05) is 0 Å². The molecule has 0 unspecified atom stereocenters. The lowest BCUT2D eigenvalue weighted by Crippen LogP contribution is -2.16. The highest BCUT2D eigenvalue weighted by atomic mass is 35.5. The first-order valence-electron chi connectivity index (χ1n) is 3.40. The molecule has 4 nitrogen and oxygen atoms in total. The minimum absolute atomic E-state index is 0.488. The second-order valence-corrected chi connectivity index (χ2v) is 4.37. The second kappa shape index (κ2) is 3.95. The average molecular weight is 261 g/mol. The van der Waals surface area contributed by atoms with Crippen molar-refractivity contribution in [3.8, 4) is 0 Å². The van der Waals surface area contributed by atoms with Gasteiger partial charge in [-0.1, -0.05) is 11.6 Å². The van der Waals surface area contributed by atoms with Gasteiger partial charge in [-0.05, 0) is 0 Å². The van der Waals surface area contributed by atoms with Crippen molar-refractivity contribution in [2.45, 2.75) is 11.3 Å². The van der Waals surface area contributed by atoms with Crippen LogP contribution in [0.25, 0.3) is 0 Å². The van der Waals surface area contributed by atoms with Crippen LogP contribution in [-0.2, 0) is 10.0 Å². The van der Waals surface area contributed by atoms with Crippen LogP contribution in [0.2, 0.25) is 5.15 Å². The zero-order valence-corrected chi connectivity index (χ0v) is 8.49. The maximum absolute atomic E-state index is 13.0. The molecule has 0 aromatic carbocycles. The Morgan fingerprint density at radius 1 is 1.47 bits per heavy atom. The van der Waals surface area contributed by atoms with Gasteiger partial charge < -0.3 is 0 Å². The molecule has 9 heteroatoms. The van der Waals surface area contributed by atoms with E-state index in [4.69, 9.17) is 11.6 Å². The third-order valence-corrected chi connectivity index (χ3v) is 2.70. The summed E-state index contributed by atoms with van der Waals surface area (Å²) < 4.78 is 59.4. The molecule has 1 aromatic heterocycles. The quantitative estimate of drug-likeness (QED) is 0.818. The van der Waals surface area contributed by atoms with Crippen LogP contribution in [0.3, 0.4) is 0 Å². The van der Waals surface area contributed by atoms with E-state index >= 15 is 0 Å². The number of nitrogens with two attached hydrogens (primary N) is 1. The molecule has 0 spiro atoms. The van der Waals surface area contributed by atoms with Gasteiger partial charge >= 0.3 is 0 Å². The second-order valence-electron chi connectivity index (χ2n) is 2.49. The topological polar surface area (TPSA) is 73.1 Å². The third kappa shape index (κ3) is 2.39. The van der Waals surface area contributed by atoms with Crippen molar-refractivity contribution in [1.29, 1.82) is 0 Å². The maximum Gasteiger partial charge on any atom is 0.268 e. The zero-order chi connectivity index (χ0) is 11.8. The van der Waals surface area contributed by atoms with Gasteiger partial charge in [-0.15, -0.1) is 0 Å². The molecule has 1 aromatic rings. The molecule has 15 heavy (non-hydrogen) atoms. The summed E-state index contributed by atoms with van der Waals surface area (Å²) in [6.45, 7) is 0. The van der Waals surface area contributed by atoms with Crippen LogP contribution in [0.1, 0.15) is 12.0 Å². The molecule has 0 aliphatic rings. The molecule has 0 fully saturated rings. The average Bonchev–Trinajstić information content (AvgIpc) is 2.06. The zero-order valence-electron chi connectivity index (χ0n) is 6.92. The van der Waals surface area contributed by atoms with Crippen LogP contribution in [0, 0.1) is 5.82 Å². The molecule has 1 heterocycles. The van der Waals surface area contributed by atoms with Gasteiger partial charge in [0.25, 0.3) is 6.43 Å². The van der Waals surface area contributed by atoms with Gasteiger partial charge in [-0.3, -0.25) is 0 Å². The summed E-state index contributed by atoms with van der Waals surface area (Å²) in [5, 5.41) is 3.77. The molecule has 0 aliphatic carbocycles. The Morgan fingerprint density at radius 2 is 2.00 bits per heavy atom. The summed E-state index contributed by atoms with van der Waals surface area (Å²) in [5.41, 5.74) is -1.36. The van der Waals surface area contributed by atoms with E-state index in [2.05, 4.69) is 10.1 Å². The van der Waals surface area contributed by atoms with E-state index in [1.165, 1.54) is 0 Å². The van der Waals surface area contributed by atoms with Crippen LogP contribution in [0.4, 0.5) is 13.2 Å². The van der Waals surface area contributed by atoms with Crippen LogP contribution in [-0.4, -0.2) is 13.4 Å². The van der Waals surface area contributed by atoms with Gasteiger partial charge in [0.15, 0.2) is 11.0 Å². The number of nitrogens with zero attached hydrogens (tertiary/aromatic N) is 1. The SMILES string of the molecule is NS(=O)(=O)c1cnc(Cl)c(F)c1C(F)F. The Morgan fingerprint density at radius 3 is 2.40 bits per heavy atom. The summed E-state index contributed by atoms with van der Waals surface area (Å²) in [5.74, 6) is -1.59. The van der Waals surface area contributed by atoms with E-state index in [1.54, 1.807) is 0 Å². The summed E-state index contributed by atoms with van der Waals surface area (Å²) in [6, 6.07) is 0. The van der Waals surface area contributed by atoms with Crippen LogP contribution in [0.5, 0.6) is 0 Å². The molecular formula is C6H4ClF3N2O2S. The molecular weight excluding hydrogens is 257 g/mol. The standard InChI is InChI=1S/C6H4ClF3N2O2S/c7-5-4(8)3(6(9)10)2(1-12-5)15(11,13)14/h1,6H,(H2,11,13,14). The molecule has 2 N–H and O–H groups in total. The Kier molecular flexibility index (Phi) is 3.22. The van der Waals surface area contributed by atoms with Gasteiger partial charge in [0.05, 0.1) is 5.56 Å². The normalized spacial score (nSPS) is 12.1. The summed E-state index contributed by atoms with van der Waals surface area (Å²) >= 11 is 5.12. The van der Waals surface area contributed by atoms with Crippen LogP contribution < -0.4 is 5.14 Å². The number of hydrogen-bond acceptors (Lipinski definition) is 3. The van der Waals surface area contributed by atoms with E-state index in [9.17, 15) is 21.6 Å². The summed E-state index contributed by atoms with van der Waals surface area (Å²) in [4.78, 5) is 2.02. The minimum Gasteiger partial charge on any atom is -0.240 e. The van der Waals surface area contributed by atoms with E-state index in [0.717, 1.165) is 0 Å². The lowest BCUT2D eigenvalue weighted by atomic mass is 10.2. The van der Waals surface area contributed by atoms with E-state index in [0.29, 0.717) is 6.20 Å². The molecule has 0 bridgehead atoms. The van der Waals surface area contributed by atoms with Gasteiger partial charge in [-0.25, -0.2) is 31.7 Å². The highest BCUT2D eigenvalue weighted by Crippen LogP contribution is 2.30. The number of rotatable bonds is 2. The Labute approximate surface area is 87.9 Å². The minimum atomic E-state index is -4.46. The summed E-state index contributed by atoms with van der Waals surface area (Å²) in [7, 11) is -4.46. The first-order valence-corrected chi connectivity index (χ1v) is 5.32. The van der Waals surface area contributed by atoms with Crippen molar-refractivity contribution in [1.82, 2.24) is 4.98 Å². The van der Waals surface area contributed by atoms with E-state index in [-0.39, 0.29) is 0 Å². The Hall–Kier alpha value is -0.860. The van der Waals surface area contributed by atoms with E-state index < -0.39 is 37.9 Å². The first-order chi connectivity index (χ1) is 6.75. The first kappa shape index (κ1) is 12.2. The van der Waals surface area contributed by atoms with Crippen LogP contribution in [0.15, 0.2) is 11.1 Å². The fraction of sp³-hybridized carbons (Fsp3) is 0.167. The molecule has 84 valence electrons. The van der Waals surface area contributed by atoms with Crippen molar-refractivity contribution < 1.29 is 21.6 Å². The molecule has 1 rings (SSSR count). The Bertz CT molecular complexity index is 491. The van der Waals surface area contributed by atoms with Crippen molar-refractivity contribution in [3.05, 3.63) is 22.7 Å². The smallest absolute Gasteiger partial charge is 0.240 e. The molecule has 0 atom stereocenters. The number of primary sulfonamides is 1. The predicted octanol–water partition coefficient (Wildman–Crippen LogP) is 1.46. The molecule has 0 saturated heterocycles. The predicted molar refractivity (Wildman–Crippen MR) is 45.5 cm³/mol. The third-order valence-electron chi connectivity index (χ3n) is 1.50. The van der Waals surface area contributed by atoms with Crippen molar-refractivity contribution >= 4 is 21.6 Å². The highest BCUT2D eigenvalue weighted by Gasteiger charge is 2.27. The molecule has 0 aliphatic heterocycles. The molecule has 0 amide bonds. The maximum atomic E-state index is 13.0. The largest absolute Gasteiger partial charge is 0.268 e. The number of alkyl halides is 2. The number of hydrogen-bond donors (Lipinski definition) is 1. The number of pyridine rings is 1. The molecule has 0 radical (unpaired) electrons. The number of aromatic nitrogens is 1. The van der Waals surface area contributed by atoms with Crippen molar-refractivity contribution in [3.63, 3.8) is 0 Å². The Balaban J connectivity index is 3.62. The lowest BCUT2D eigenvalue weighted by Gasteiger charge is -2.07. The number of sulfonamides is 1. The fourth-order valence-corrected chi connectivity index (χ4v) is 1.73. The van der Waals surface area contributed by atoms with Crippen LogP contribution >= 0.6 is 11.6 Å². The number of halogens is 4.